The van der Waals surface area contributed by atoms with Crippen molar-refractivity contribution in [3.8, 4) is 11.1 Å². The van der Waals surface area contributed by atoms with Crippen molar-refractivity contribution < 1.29 is 5.11 Å². The lowest BCUT2D eigenvalue weighted by Gasteiger charge is -2.06. The van der Waals surface area contributed by atoms with E-state index in [1.165, 1.54) is 31.7 Å². The zero-order valence-electron chi connectivity index (χ0n) is 11.1. The monoisotopic (exact) mass is 268 g/mol. The van der Waals surface area contributed by atoms with Crippen molar-refractivity contribution in [3.63, 3.8) is 0 Å². The van der Waals surface area contributed by atoms with Crippen LogP contribution in [0.5, 0.6) is 0 Å². The number of rotatable bonds is 2. The maximum Gasteiger partial charge on any atom is 0.0682 e. The molecule has 1 aromatic heterocycles. The van der Waals surface area contributed by atoms with Crippen LogP contribution in [0.4, 0.5) is 0 Å². The summed E-state index contributed by atoms with van der Waals surface area (Å²) in [6, 6.07) is 14.7. The highest BCUT2D eigenvalue weighted by atomic mass is 32.1. The van der Waals surface area contributed by atoms with Crippen LogP contribution in [-0.2, 0) is 6.61 Å². The van der Waals surface area contributed by atoms with E-state index in [0.29, 0.717) is 0 Å². The van der Waals surface area contributed by atoms with Gasteiger partial charge in [0, 0.05) is 20.5 Å². The van der Waals surface area contributed by atoms with Crippen molar-refractivity contribution in [1.82, 2.24) is 0 Å². The van der Waals surface area contributed by atoms with Gasteiger partial charge in [-0.25, -0.2) is 0 Å². The molecule has 3 aromatic rings. The van der Waals surface area contributed by atoms with Crippen LogP contribution in [0.1, 0.15) is 16.0 Å². The molecule has 0 bridgehead atoms. The third-order valence-electron chi connectivity index (χ3n) is 3.53. The van der Waals surface area contributed by atoms with Gasteiger partial charge < -0.3 is 5.11 Å². The number of aliphatic hydroxyl groups excluding tert-OH is 1. The van der Waals surface area contributed by atoms with E-state index in [4.69, 9.17) is 0 Å². The average Bonchev–Trinajstić information content (AvgIpc) is 2.74. The van der Waals surface area contributed by atoms with Crippen molar-refractivity contribution in [2.24, 2.45) is 0 Å². The van der Waals surface area contributed by atoms with Crippen LogP contribution in [0.3, 0.4) is 0 Å². The molecule has 2 aromatic carbocycles. The minimum absolute atomic E-state index is 0.0953. The van der Waals surface area contributed by atoms with Gasteiger partial charge in [0.15, 0.2) is 0 Å². The van der Waals surface area contributed by atoms with E-state index in [1.54, 1.807) is 0 Å². The molecule has 0 aliphatic rings. The van der Waals surface area contributed by atoms with Crippen LogP contribution in [0, 0.1) is 13.8 Å². The first-order valence-electron chi connectivity index (χ1n) is 6.39. The van der Waals surface area contributed by atoms with Gasteiger partial charge in [-0.2, -0.15) is 0 Å². The summed E-state index contributed by atoms with van der Waals surface area (Å²) < 4.78 is 1.29. The van der Waals surface area contributed by atoms with E-state index < -0.39 is 0 Å². The minimum atomic E-state index is 0.0953. The number of fused-ring (bicyclic) bond motifs is 1. The topological polar surface area (TPSA) is 20.2 Å². The Labute approximate surface area is 117 Å². The molecule has 0 aliphatic carbocycles. The van der Waals surface area contributed by atoms with E-state index >= 15 is 0 Å². The SMILES string of the molecule is Cc1ccccc1-c1c(C)sc2ccc(CO)cc12. The number of aliphatic hydroxyl groups is 1. The van der Waals surface area contributed by atoms with E-state index in [-0.39, 0.29) is 6.61 Å². The van der Waals surface area contributed by atoms with E-state index in [9.17, 15) is 5.11 Å². The number of hydrogen-bond acceptors (Lipinski definition) is 2. The summed E-state index contributed by atoms with van der Waals surface area (Å²) >= 11 is 1.82. The van der Waals surface area contributed by atoms with Gasteiger partial charge in [0.1, 0.15) is 0 Å². The molecule has 0 spiro atoms. The predicted octanol–water partition coefficient (Wildman–Crippen LogP) is 4.68. The Kier molecular flexibility index (Phi) is 3.13. The second-order valence-corrected chi connectivity index (χ2v) is 6.09. The Morgan fingerprint density at radius 1 is 1.05 bits per heavy atom. The average molecular weight is 268 g/mol. The van der Waals surface area contributed by atoms with Crippen LogP contribution < -0.4 is 0 Å². The van der Waals surface area contributed by atoms with Crippen LogP contribution in [-0.4, -0.2) is 5.11 Å². The van der Waals surface area contributed by atoms with Gasteiger partial charge in [-0.3, -0.25) is 0 Å². The molecule has 0 fully saturated rings. The van der Waals surface area contributed by atoms with Crippen molar-refractivity contribution in [2.45, 2.75) is 20.5 Å². The first-order valence-corrected chi connectivity index (χ1v) is 7.21. The number of benzene rings is 2. The van der Waals surface area contributed by atoms with E-state index in [1.807, 2.05) is 17.4 Å². The molecule has 0 unspecified atom stereocenters. The van der Waals surface area contributed by atoms with Crippen LogP contribution in [0.2, 0.25) is 0 Å². The standard InChI is InChI=1S/C17H16OS/c1-11-5-3-4-6-14(11)17-12(2)19-16-8-7-13(10-18)9-15(16)17/h3-9,18H,10H2,1-2H3. The Balaban J connectivity index is 2.34. The Bertz CT molecular complexity index is 740. The molecule has 1 nitrogen and oxygen atoms in total. The van der Waals surface area contributed by atoms with Gasteiger partial charge >= 0.3 is 0 Å². The fraction of sp³-hybridized carbons (Fsp3) is 0.176. The van der Waals surface area contributed by atoms with Gasteiger partial charge in [-0.15, -0.1) is 11.3 Å². The number of thiophene rings is 1. The molecule has 0 saturated heterocycles. The molecule has 0 amide bonds. The molecular formula is C17H16OS. The fourth-order valence-electron chi connectivity index (χ4n) is 2.55. The number of aryl methyl sites for hydroxylation is 2. The smallest absolute Gasteiger partial charge is 0.0682 e. The molecule has 19 heavy (non-hydrogen) atoms. The first-order chi connectivity index (χ1) is 9.20. The molecule has 1 heterocycles. The lowest BCUT2D eigenvalue weighted by Crippen LogP contribution is -1.85. The molecule has 96 valence electrons. The lowest BCUT2D eigenvalue weighted by atomic mass is 9.97. The van der Waals surface area contributed by atoms with Gasteiger partial charge in [0.2, 0.25) is 0 Å². The van der Waals surface area contributed by atoms with Crippen LogP contribution in [0.25, 0.3) is 21.2 Å². The Morgan fingerprint density at radius 3 is 2.58 bits per heavy atom. The summed E-state index contributed by atoms with van der Waals surface area (Å²) in [5.41, 5.74) is 4.87. The molecule has 0 atom stereocenters. The Hall–Kier alpha value is -1.64. The summed E-state index contributed by atoms with van der Waals surface area (Å²) in [7, 11) is 0. The first kappa shape index (κ1) is 12.4. The highest BCUT2D eigenvalue weighted by Crippen LogP contribution is 2.39. The van der Waals surface area contributed by atoms with Crippen molar-refractivity contribution in [1.29, 1.82) is 0 Å². The summed E-state index contributed by atoms with van der Waals surface area (Å²) in [5.74, 6) is 0. The number of hydrogen-bond donors (Lipinski definition) is 1. The van der Waals surface area contributed by atoms with Gasteiger partial charge in [-0.05, 0) is 42.7 Å². The second kappa shape index (κ2) is 4.80. The molecule has 3 rings (SSSR count). The molecule has 1 N–H and O–H groups in total. The van der Waals surface area contributed by atoms with E-state index in [0.717, 1.165) is 5.56 Å². The van der Waals surface area contributed by atoms with E-state index in [2.05, 4.69) is 50.2 Å². The highest BCUT2D eigenvalue weighted by Gasteiger charge is 2.12. The third-order valence-corrected chi connectivity index (χ3v) is 4.61. The molecule has 0 aliphatic heterocycles. The second-order valence-electron chi connectivity index (χ2n) is 4.84. The maximum atomic E-state index is 9.32. The zero-order chi connectivity index (χ0) is 13.4. The fourth-order valence-corrected chi connectivity index (χ4v) is 3.61. The molecule has 2 heteroatoms. The van der Waals surface area contributed by atoms with Crippen molar-refractivity contribution in [2.75, 3.05) is 0 Å². The molecule has 0 radical (unpaired) electrons. The van der Waals surface area contributed by atoms with Gasteiger partial charge in [0.25, 0.3) is 0 Å². The van der Waals surface area contributed by atoms with Gasteiger partial charge in [-0.1, -0.05) is 30.3 Å². The van der Waals surface area contributed by atoms with Crippen LogP contribution >= 0.6 is 11.3 Å². The normalized spacial score (nSPS) is 11.1. The summed E-state index contributed by atoms with van der Waals surface area (Å²) in [5, 5.41) is 10.6. The summed E-state index contributed by atoms with van der Waals surface area (Å²) in [6.07, 6.45) is 0. The van der Waals surface area contributed by atoms with Crippen molar-refractivity contribution in [3.05, 3.63) is 58.5 Å². The maximum absolute atomic E-state index is 9.32. The summed E-state index contributed by atoms with van der Waals surface area (Å²) in [4.78, 5) is 1.33. The molecular weight excluding hydrogens is 252 g/mol. The largest absolute Gasteiger partial charge is 0.392 e. The quantitative estimate of drug-likeness (QED) is 0.715. The lowest BCUT2D eigenvalue weighted by molar-refractivity contribution is 0.282. The van der Waals surface area contributed by atoms with Crippen molar-refractivity contribution >= 4 is 21.4 Å². The highest BCUT2D eigenvalue weighted by molar-refractivity contribution is 7.19. The Morgan fingerprint density at radius 2 is 1.84 bits per heavy atom. The zero-order valence-corrected chi connectivity index (χ0v) is 11.9. The van der Waals surface area contributed by atoms with Crippen LogP contribution in [0.15, 0.2) is 42.5 Å². The summed E-state index contributed by atoms with van der Waals surface area (Å²) in [6.45, 7) is 4.41. The van der Waals surface area contributed by atoms with Gasteiger partial charge in [0.05, 0.1) is 6.61 Å². The predicted molar refractivity (Wildman–Crippen MR) is 82.7 cm³/mol. The molecule has 0 saturated carbocycles. The minimum Gasteiger partial charge on any atom is -0.392 e. The third kappa shape index (κ3) is 2.07.